The molecule has 0 aromatic rings. The van der Waals surface area contributed by atoms with Crippen molar-refractivity contribution >= 4 is 11.8 Å². The number of carbonyl (C=O) groups is 2. The lowest BCUT2D eigenvalue weighted by atomic mass is 10.3. The topological polar surface area (TPSA) is 75.4 Å². The Bertz CT molecular complexity index is 194. The molecule has 14 heavy (non-hydrogen) atoms. The second-order valence-electron chi connectivity index (χ2n) is 2.98. The second-order valence-corrected chi connectivity index (χ2v) is 2.98. The molecule has 0 spiro atoms. The minimum absolute atomic E-state index is 0.0153. The van der Waals surface area contributed by atoms with E-state index in [1.165, 1.54) is 4.90 Å². The van der Waals surface area contributed by atoms with E-state index in [9.17, 15) is 9.59 Å². The number of nitrogens with two attached hydrogens (primary N) is 1. The van der Waals surface area contributed by atoms with E-state index >= 15 is 0 Å². The number of likely N-dealkylation sites (N-methyl/N-ethyl adjacent to an activating group) is 1. The first-order valence-electron chi connectivity index (χ1n) is 4.88. The Morgan fingerprint density at radius 3 is 2.43 bits per heavy atom. The molecule has 0 saturated carbocycles. The van der Waals surface area contributed by atoms with Gasteiger partial charge in [-0.25, -0.2) is 0 Å². The predicted molar refractivity (Wildman–Crippen MR) is 54.6 cm³/mol. The maximum atomic E-state index is 11.5. The van der Waals surface area contributed by atoms with Crippen LogP contribution in [0.4, 0.5) is 0 Å². The summed E-state index contributed by atoms with van der Waals surface area (Å²) < 4.78 is 0. The Labute approximate surface area is 84.6 Å². The van der Waals surface area contributed by atoms with Crippen LogP contribution in [0.1, 0.15) is 20.3 Å². The van der Waals surface area contributed by atoms with Gasteiger partial charge in [0.25, 0.3) is 0 Å². The highest BCUT2D eigenvalue weighted by Crippen LogP contribution is 1.92. The van der Waals surface area contributed by atoms with Crippen molar-refractivity contribution in [3.05, 3.63) is 0 Å². The first-order chi connectivity index (χ1) is 6.61. The van der Waals surface area contributed by atoms with Gasteiger partial charge in [-0.1, -0.05) is 6.92 Å². The summed E-state index contributed by atoms with van der Waals surface area (Å²) in [5.74, 6) is -0.504. The summed E-state index contributed by atoms with van der Waals surface area (Å²) in [7, 11) is 0. The fourth-order valence-electron chi connectivity index (χ4n) is 1.09. The number of nitrogens with zero attached hydrogens (tertiary/aromatic N) is 1. The fourth-order valence-corrected chi connectivity index (χ4v) is 1.09. The molecule has 0 unspecified atom stereocenters. The van der Waals surface area contributed by atoms with E-state index in [4.69, 9.17) is 5.73 Å². The van der Waals surface area contributed by atoms with Crippen LogP contribution >= 0.6 is 0 Å². The average Bonchev–Trinajstić information content (AvgIpc) is 2.14. The van der Waals surface area contributed by atoms with Crippen molar-refractivity contribution < 1.29 is 9.59 Å². The lowest BCUT2D eigenvalue weighted by Gasteiger charge is -2.18. The van der Waals surface area contributed by atoms with Gasteiger partial charge < -0.3 is 16.0 Å². The van der Waals surface area contributed by atoms with Crippen LogP contribution in [0.5, 0.6) is 0 Å². The van der Waals surface area contributed by atoms with Crippen molar-refractivity contribution in [3.63, 3.8) is 0 Å². The van der Waals surface area contributed by atoms with E-state index in [-0.39, 0.29) is 12.5 Å². The van der Waals surface area contributed by atoms with E-state index in [0.717, 1.165) is 6.54 Å². The third-order valence-corrected chi connectivity index (χ3v) is 1.85. The molecule has 0 aromatic heterocycles. The summed E-state index contributed by atoms with van der Waals surface area (Å²) >= 11 is 0. The van der Waals surface area contributed by atoms with Gasteiger partial charge in [-0.3, -0.25) is 9.59 Å². The molecule has 0 heterocycles. The number of primary amides is 1. The van der Waals surface area contributed by atoms with Crippen LogP contribution < -0.4 is 11.1 Å². The summed E-state index contributed by atoms with van der Waals surface area (Å²) in [6.45, 7) is 5.83. The molecule has 5 heteroatoms. The molecular weight excluding hydrogens is 182 g/mol. The predicted octanol–water partition coefficient (Wildman–Crippen LogP) is -0.680. The molecule has 82 valence electrons. The molecule has 0 aliphatic heterocycles. The third kappa shape index (κ3) is 5.53. The molecule has 0 atom stereocenters. The molecule has 0 fully saturated rings. The van der Waals surface area contributed by atoms with E-state index in [1.807, 2.05) is 13.8 Å². The van der Waals surface area contributed by atoms with E-state index in [1.54, 1.807) is 0 Å². The SMILES string of the molecule is CCNCCC(=O)N(CC)CC(N)=O. The number of carbonyl (C=O) groups excluding carboxylic acids is 2. The van der Waals surface area contributed by atoms with Crippen LogP contribution in [0.25, 0.3) is 0 Å². The zero-order valence-electron chi connectivity index (χ0n) is 8.88. The number of rotatable bonds is 7. The van der Waals surface area contributed by atoms with Crippen LogP contribution in [0.15, 0.2) is 0 Å². The zero-order chi connectivity index (χ0) is 11.0. The number of nitrogens with one attached hydrogen (secondary N) is 1. The first kappa shape index (κ1) is 12.9. The van der Waals surface area contributed by atoms with Crippen molar-refractivity contribution in [1.82, 2.24) is 10.2 Å². The maximum Gasteiger partial charge on any atom is 0.237 e. The van der Waals surface area contributed by atoms with Crippen LogP contribution in [0.2, 0.25) is 0 Å². The van der Waals surface area contributed by atoms with Gasteiger partial charge in [-0.05, 0) is 13.5 Å². The van der Waals surface area contributed by atoms with Gasteiger partial charge in [0, 0.05) is 19.5 Å². The number of hydrogen-bond acceptors (Lipinski definition) is 3. The van der Waals surface area contributed by atoms with E-state index in [2.05, 4.69) is 5.32 Å². The quantitative estimate of drug-likeness (QED) is 0.536. The highest BCUT2D eigenvalue weighted by Gasteiger charge is 2.12. The van der Waals surface area contributed by atoms with Gasteiger partial charge in [0.2, 0.25) is 11.8 Å². The standard InChI is InChI=1S/C9H19N3O2/c1-3-11-6-5-9(14)12(4-2)7-8(10)13/h11H,3-7H2,1-2H3,(H2,10,13). The van der Waals surface area contributed by atoms with Crippen LogP contribution in [0, 0.1) is 0 Å². The van der Waals surface area contributed by atoms with Crippen molar-refractivity contribution in [2.45, 2.75) is 20.3 Å². The number of amides is 2. The van der Waals surface area contributed by atoms with Crippen LogP contribution in [-0.2, 0) is 9.59 Å². The summed E-state index contributed by atoms with van der Waals surface area (Å²) in [4.78, 5) is 23.5. The van der Waals surface area contributed by atoms with Gasteiger partial charge in [0.05, 0.1) is 6.54 Å². The molecule has 2 amide bonds. The summed E-state index contributed by atoms with van der Waals surface area (Å²) in [5.41, 5.74) is 5.01. The highest BCUT2D eigenvalue weighted by atomic mass is 16.2. The Balaban J connectivity index is 3.85. The lowest BCUT2D eigenvalue weighted by molar-refractivity contribution is -0.134. The monoisotopic (exact) mass is 201 g/mol. The van der Waals surface area contributed by atoms with E-state index < -0.39 is 5.91 Å². The Hall–Kier alpha value is -1.10. The van der Waals surface area contributed by atoms with Gasteiger partial charge in [0.15, 0.2) is 0 Å². The van der Waals surface area contributed by atoms with Gasteiger partial charge >= 0.3 is 0 Å². The molecule has 0 aromatic carbocycles. The molecule has 5 nitrogen and oxygen atoms in total. The largest absolute Gasteiger partial charge is 0.368 e. The Morgan fingerprint density at radius 1 is 1.36 bits per heavy atom. The Kier molecular flexibility index (Phi) is 6.74. The van der Waals surface area contributed by atoms with Crippen molar-refractivity contribution in [2.75, 3.05) is 26.2 Å². The molecule has 0 saturated heterocycles. The van der Waals surface area contributed by atoms with Gasteiger partial charge in [-0.15, -0.1) is 0 Å². The molecule has 0 rings (SSSR count). The number of hydrogen-bond donors (Lipinski definition) is 2. The van der Waals surface area contributed by atoms with E-state index in [0.29, 0.717) is 19.5 Å². The second kappa shape index (κ2) is 7.32. The maximum absolute atomic E-state index is 11.5. The third-order valence-electron chi connectivity index (χ3n) is 1.85. The average molecular weight is 201 g/mol. The fraction of sp³-hybridized carbons (Fsp3) is 0.778. The van der Waals surface area contributed by atoms with Gasteiger partial charge in [0.1, 0.15) is 0 Å². The van der Waals surface area contributed by atoms with Gasteiger partial charge in [-0.2, -0.15) is 0 Å². The van der Waals surface area contributed by atoms with Crippen LogP contribution in [0.3, 0.4) is 0 Å². The first-order valence-corrected chi connectivity index (χ1v) is 4.88. The molecule has 0 bridgehead atoms. The van der Waals surface area contributed by atoms with Crippen molar-refractivity contribution in [2.24, 2.45) is 5.73 Å². The smallest absolute Gasteiger partial charge is 0.237 e. The summed E-state index contributed by atoms with van der Waals surface area (Å²) in [6, 6.07) is 0. The normalized spacial score (nSPS) is 9.86. The Morgan fingerprint density at radius 2 is 2.00 bits per heavy atom. The van der Waals surface area contributed by atoms with Crippen molar-refractivity contribution in [1.29, 1.82) is 0 Å². The molecule has 0 aliphatic rings. The molecule has 0 aliphatic carbocycles. The molecule has 3 N–H and O–H groups in total. The summed E-state index contributed by atoms with van der Waals surface area (Å²) in [5, 5.41) is 3.05. The summed E-state index contributed by atoms with van der Waals surface area (Å²) in [6.07, 6.45) is 0.412. The molecule has 0 radical (unpaired) electrons. The van der Waals surface area contributed by atoms with Crippen molar-refractivity contribution in [3.8, 4) is 0 Å². The minimum atomic E-state index is -0.469. The van der Waals surface area contributed by atoms with Crippen LogP contribution in [-0.4, -0.2) is 42.9 Å². The molecular formula is C9H19N3O2. The minimum Gasteiger partial charge on any atom is -0.368 e. The zero-order valence-corrected chi connectivity index (χ0v) is 8.88. The lowest BCUT2D eigenvalue weighted by Crippen LogP contribution is -2.39. The highest BCUT2D eigenvalue weighted by molar-refractivity contribution is 5.83.